The van der Waals surface area contributed by atoms with Gasteiger partial charge in [-0.15, -0.1) is 0 Å². The smallest absolute Gasteiger partial charge is 0.239 e. The fourth-order valence-electron chi connectivity index (χ4n) is 1.85. The highest BCUT2D eigenvalue weighted by molar-refractivity contribution is 7.85. The van der Waals surface area contributed by atoms with Crippen molar-refractivity contribution in [1.29, 1.82) is 0 Å². The van der Waals surface area contributed by atoms with Crippen LogP contribution in [0.2, 0.25) is 0 Å². The average molecular weight is 322 g/mol. The molecule has 1 aromatic heterocycles. The van der Waals surface area contributed by atoms with Crippen LogP contribution in [0.1, 0.15) is 18.4 Å². The molecule has 0 saturated heterocycles. The Balaban J connectivity index is 2.00. The molecule has 2 aromatic rings. The van der Waals surface area contributed by atoms with Gasteiger partial charge in [-0.3, -0.25) is 9.00 Å². The van der Waals surface area contributed by atoms with Crippen molar-refractivity contribution < 1.29 is 18.3 Å². The summed E-state index contributed by atoms with van der Waals surface area (Å²) in [7, 11) is 0.125. The van der Waals surface area contributed by atoms with Crippen LogP contribution in [0.15, 0.2) is 34.9 Å². The quantitative estimate of drug-likeness (QED) is 0.882. The van der Waals surface area contributed by atoms with Crippen molar-refractivity contribution >= 4 is 22.4 Å². The molecule has 0 bridgehead atoms. The summed E-state index contributed by atoms with van der Waals surface area (Å²) in [6.07, 6.45) is 0. The second-order valence-corrected chi connectivity index (χ2v) is 6.55. The van der Waals surface area contributed by atoms with Gasteiger partial charge in [0.2, 0.25) is 5.91 Å². The molecule has 0 fully saturated rings. The van der Waals surface area contributed by atoms with E-state index in [0.29, 0.717) is 17.2 Å². The number of carbonyl (C=O) groups is 1. The lowest BCUT2D eigenvalue weighted by Gasteiger charge is -2.13. The number of carbonyl (C=O) groups excluding carboxylic acids is 1. The standard InChI is InChI=1S/C15H18N2O4S/c1-10-8-12(21-17-10)9-22(19)11(2)15(18)16-13-6-4-5-7-14(13)20-3/h4-8,11H,9H2,1-3H3,(H,16,18)/t11-,22+/m0/s1. The third-order valence-electron chi connectivity index (χ3n) is 3.09. The number of ether oxygens (including phenoxy) is 1. The zero-order valence-corrected chi connectivity index (χ0v) is 13.5. The third-order valence-corrected chi connectivity index (χ3v) is 4.66. The Labute approximate surface area is 131 Å². The highest BCUT2D eigenvalue weighted by atomic mass is 32.2. The van der Waals surface area contributed by atoms with Crippen molar-refractivity contribution in [2.45, 2.75) is 24.9 Å². The Morgan fingerprint density at radius 3 is 2.82 bits per heavy atom. The van der Waals surface area contributed by atoms with Crippen molar-refractivity contribution in [2.24, 2.45) is 0 Å². The number of hydrogen-bond donors (Lipinski definition) is 1. The Morgan fingerprint density at radius 1 is 1.45 bits per heavy atom. The van der Waals surface area contributed by atoms with E-state index in [1.165, 1.54) is 7.11 Å². The predicted molar refractivity (Wildman–Crippen MR) is 84.2 cm³/mol. The van der Waals surface area contributed by atoms with Crippen LogP contribution in [-0.2, 0) is 21.3 Å². The van der Waals surface area contributed by atoms with Crippen molar-refractivity contribution in [3.63, 3.8) is 0 Å². The van der Waals surface area contributed by atoms with Crippen LogP contribution in [0.25, 0.3) is 0 Å². The van der Waals surface area contributed by atoms with E-state index in [9.17, 15) is 9.00 Å². The number of benzene rings is 1. The molecule has 2 rings (SSSR count). The molecule has 0 radical (unpaired) electrons. The van der Waals surface area contributed by atoms with Crippen LogP contribution in [0.4, 0.5) is 5.69 Å². The van der Waals surface area contributed by atoms with Crippen LogP contribution in [0.5, 0.6) is 5.75 Å². The minimum Gasteiger partial charge on any atom is -0.495 e. The van der Waals surface area contributed by atoms with Crippen LogP contribution < -0.4 is 10.1 Å². The second-order valence-electron chi connectivity index (χ2n) is 4.79. The maximum absolute atomic E-state index is 12.2. The first kappa shape index (κ1) is 16.2. The highest BCUT2D eigenvalue weighted by Crippen LogP contribution is 2.23. The van der Waals surface area contributed by atoms with Crippen LogP contribution in [0.3, 0.4) is 0 Å². The van der Waals surface area contributed by atoms with Gasteiger partial charge in [-0.05, 0) is 26.0 Å². The topological polar surface area (TPSA) is 81.4 Å². The lowest BCUT2D eigenvalue weighted by atomic mass is 10.3. The maximum atomic E-state index is 12.2. The minimum absolute atomic E-state index is 0.154. The van der Waals surface area contributed by atoms with Gasteiger partial charge in [-0.25, -0.2) is 0 Å². The Kier molecular flexibility index (Phi) is 5.32. The van der Waals surface area contributed by atoms with Crippen molar-refractivity contribution in [3.8, 4) is 5.75 Å². The van der Waals surface area contributed by atoms with E-state index in [1.807, 2.05) is 6.07 Å². The molecule has 7 heteroatoms. The third kappa shape index (κ3) is 3.94. The largest absolute Gasteiger partial charge is 0.495 e. The number of anilines is 1. The summed E-state index contributed by atoms with van der Waals surface area (Å²) in [6.45, 7) is 3.40. The molecule has 1 aromatic carbocycles. The average Bonchev–Trinajstić information content (AvgIpc) is 2.92. The molecule has 0 spiro atoms. The Morgan fingerprint density at radius 2 is 2.18 bits per heavy atom. The number of nitrogens with zero attached hydrogens (tertiary/aromatic N) is 1. The lowest BCUT2D eigenvalue weighted by Crippen LogP contribution is -2.29. The van der Waals surface area contributed by atoms with Crippen LogP contribution in [0, 0.1) is 6.92 Å². The number of hydrogen-bond acceptors (Lipinski definition) is 5. The molecule has 1 N–H and O–H groups in total. The molecule has 2 atom stereocenters. The van der Waals surface area contributed by atoms with Gasteiger partial charge < -0.3 is 14.6 Å². The van der Waals surface area contributed by atoms with Gasteiger partial charge >= 0.3 is 0 Å². The molecule has 1 heterocycles. The lowest BCUT2D eigenvalue weighted by molar-refractivity contribution is -0.115. The SMILES string of the molecule is COc1ccccc1NC(=O)[C@H](C)[S@](=O)Cc1cc(C)no1. The fraction of sp³-hybridized carbons (Fsp3) is 0.333. The van der Waals surface area contributed by atoms with E-state index >= 15 is 0 Å². The molecule has 6 nitrogen and oxygen atoms in total. The molecule has 22 heavy (non-hydrogen) atoms. The molecule has 0 unspecified atom stereocenters. The minimum atomic E-state index is -1.40. The van der Waals surface area contributed by atoms with Crippen molar-refractivity contribution in [3.05, 3.63) is 41.8 Å². The summed E-state index contributed by atoms with van der Waals surface area (Å²) >= 11 is 0. The number of methoxy groups -OCH3 is 1. The van der Waals surface area contributed by atoms with Gasteiger partial charge in [0, 0.05) is 16.9 Å². The van der Waals surface area contributed by atoms with Gasteiger partial charge in [0.15, 0.2) is 0 Å². The van der Waals surface area contributed by atoms with Crippen LogP contribution >= 0.6 is 0 Å². The van der Waals surface area contributed by atoms with E-state index in [0.717, 1.165) is 5.69 Å². The molecule has 0 aliphatic heterocycles. The second kappa shape index (κ2) is 7.22. The zero-order chi connectivity index (χ0) is 16.1. The summed E-state index contributed by atoms with van der Waals surface area (Å²) in [4.78, 5) is 12.2. The van der Waals surface area contributed by atoms with Crippen molar-refractivity contribution in [2.75, 3.05) is 12.4 Å². The number of para-hydroxylation sites is 2. The predicted octanol–water partition coefficient (Wildman–Crippen LogP) is 2.27. The van der Waals surface area contributed by atoms with Gasteiger partial charge in [-0.1, -0.05) is 17.3 Å². The highest BCUT2D eigenvalue weighted by Gasteiger charge is 2.22. The van der Waals surface area contributed by atoms with Crippen molar-refractivity contribution in [1.82, 2.24) is 5.16 Å². The first-order valence-electron chi connectivity index (χ1n) is 6.74. The number of aromatic nitrogens is 1. The van der Waals surface area contributed by atoms with Gasteiger partial charge in [0.25, 0.3) is 0 Å². The molecular formula is C15H18N2O4S. The molecule has 1 amide bonds. The van der Waals surface area contributed by atoms with Gasteiger partial charge in [-0.2, -0.15) is 0 Å². The van der Waals surface area contributed by atoms with Gasteiger partial charge in [0.05, 0.1) is 24.2 Å². The maximum Gasteiger partial charge on any atom is 0.239 e. The molecule has 0 saturated carbocycles. The van der Waals surface area contributed by atoms with Crippen LogP contribution in [-0.4, -0.2) is 27.6 Å². The summed E-state index contributed by atoms with van der Waals surface area (Å²) in [5.41, 5.74) is 1.27. The summed E-state index contributed by atoms with van der Waals surface area (Å²) in [6, 6.07) is 8.78. The Hall–Kier alpha value is -2.15. The molecular weight excluding hydrogens is 304 g/mol. The van der Waals surface area contributed by atoms with E-state index in [4.69, 9.17) is 9.26 Å². The number of nitrogens with one attached hydrogen (secondary N) is 1. The molecule has 118 valence electrons. The molecule has 0 aliphatic rings. The number of rotatable bonds is 6. The van der Waals surface area contributed by atoms with Gasteiger partial charge in [0.1, 0.15) is 16.8 Å². The Bertz CT molecular complexity index is 684. The normalized spacial score (nSPS) is 13.4. The number of amides is 1. The first-order valence-corrected chi connectivity index (χ1v) is 8.12. The summed E-state index contributed by atoms with van der Waals surface area (Å²) in [5, 5.41) is 5.78. The fourth-order valence-corrected chi connectivity index (χ4v) is 2.82. The van der Waals surface area contributed by atoms with E-state index in [1.54, 1.807) is 38.1 Å². The number of aryl methyl sites for hydroxylation is 1. The zero-order valence-electron chi connectivity index (χ0n) is 12.7. The van der Waals surface area contributed by atoms with E-state index in [2.05, 4.69) is 10.5 Å². The monoisotopic (exact) mass is 322 g/mol. The summed E-state index contributed by atoms with van der Waals surface area (Å²) in [5.74, 6) is 0.882. The van der Waals surface area contributed by atoms with E-state index in [-0.39, 0.29) is 11.7 Å². The summed E-state index contributed by atoms with van der Waals surface area (Å²) < 4.78 is 22.4. The molecule has 0 aliphatic carbocycles. The first-order chi connectivity index (χ1) is 10.5. The van der Waals surface area contributed by atoms with E-state index < -0.39 is 16.0 Å².